The van der Waals surface area contributed by atoms with Crippen LogP contribution in [0.2, 0.25) is 0 Å². The number of carboxylic acid groups (broad SMARTS) is 1. The second kappa shape index (κ2) is 14.0. The summed E-state index contributed by atoms with van der Waals surface area (Å²) in [7, 11) is 0. The van der Waals surface area contributed by atoms with Crippen molar-refractivity contribution in [2.45, 2.75) is 167 Å². The van der Waals surface area contributed by atoms with Crippen molar-refractivity contribution in [2.24, 2.45) is 50.2 Å². The highest BCUT2D eigenvalue weighted by atomic mass is 16.8. The fourth-order valence-electron chi connectivity index (χ4n) is 13.4. The Kier molecular flexibility index (Phi) is 10.6. The first-order valence-corrected chi connectivity index (χ1v) is 20.4. The van der Waals surface area contributed by atoms with Crippen LogP contribution in [0.4, 0.5) is 0 Å². The highest BCUT2D eigenvalue weighted by Crippen LogP contribution is 2.76. The number of aliphatic hydroxyl groups excluding tert-OH is 7. The molecule has 18 atom stereocenters. The first kappa shape index (κ1) is 40.9. The maximum absolute atomic E-state index is 13.0. The van der Waals surface area contributed by atoms with Crippen molar-refractivity contribution >= 4 is 5.97 Å². The number of aliphatic hydroxyl groups is 7. The first-order valence-electron chi connectivity index (χ1n) is 20.4. The predicted molar refractivity (Wildman–Crippen MR) is 193 cm³/mol. The molecule has 0 radical (unpaired) electrons. The van der Waals surface area contributed by atoms with Crippen molar-refractivity contribution < 1.29 is 64.6 Å². The van der Waals surface area contributed by atoms with E-state index in [1.807, 2.05) is 0 Å². The van der Waals surface area contributed by atoms with Crippen molar-refractivity contribution in [3.63, 3.8) is 0 Å². The summed E-state index contributed by atoms with van der Waals surface area (Å²) in [5, 5.41) is 84.7. The summed E-state index contributed by atoms with van der Waals surface area (Å²) < 4.78 is 24.1. The molecule has 0 unspecified atom stereocenters. The predicted octanol–water partition coefficient (Wildman–Crippen LogP) is 2.49. The fraction of sp³-hybridized carbons (Fsp3) is 0.927. The van der Waals surface area contributed by atoms with Gasteiger partial charge in [-0.25, -0.2) is 0 Å². The quantitative estimate of drug-likeness (QED) is 0.138. The molecule has 0 bridgehead atoms. The van der Waals surface area contributed by atoms with E-state index in [1.54, 1.807) is 0 Å². The molecular formula is C41H66O13. The van der Waals surface area contributed by atoms with E-state index in [2.05, 4.69) is 47.6 Å². The van der Waals surface area contributed by atoms with Crippen molar-refractivity contribution in [3.05, 3.63) is 11.6 Å². The summed E-state index contributed by atoms with van der Waals surface area (Å²) in [5.74, 6) is -0.265. The Balaban J connectivity index is 1.15. The Morgan fingerprint density at radius 3 is 2.19 bits per heavy atom. The number of hydrogen-bond donors (Lipinski definition) is 8. The lowest BCUT2D eigenvalue weighted by atomic mass is 9.33. The Morgan fingerprint density at radius 2 is 1.52 bits per heavy atom. The van der Waals surface area contributed by atoms with Gasteiger partial charge in [0.15, 0.2) is 12.6 Å². The van der Waals surface area contributed by atoms with Gasteiger partial charge in [0.05, 0.1) is 31.3 Å². The Morgan fingerprint density at radius 1 is 0.815 bits per heavy atom. The summed E-state index contributed by atoms with van der Waals surface area (Å²) in [5.41, 5.74) is -0.367. The van der Waals surface area contributed by atoms with Crippen LogP contribution in [0.5, 0.6) is 0 Å². The van der Waals surface area contributed by atoms with Gasteiger partial charge in [-0.05, 0) is 104 Å². The molecule has 2 heterocycles. The van der Waals surface area contributed by atoms with Crippen LogP contribution in [-0.2, 0) is 23.7 Å². The molecule has 8 N–H and O–H groups in total. The minimum atomic E-state index is -1.73. The van der Waals surface area contributed by atoms with Gasteiger partial charge in [-0.2, -0.15) is 0 Å². The zero-order valence-electron chi connectivity index (χ0n) is 32.9. The molecule has 0 aromatic rings. The third-order valence-electron chi connectivity index (χ3n) is 17.0. The highest BCUT2D eigenvalue weighted by Gasteiger charge is 2.70. The van der Waals surface area contributed by atoms with Crippen LogP contribution in [0, 0.1) is 50.2 Å². The molecule has 6 fully saturated rings. The monoisotopic (exact) mass is 766 g/mol. The number of ether oxygens (including phenoxy) is 4. The minimum absolute atomic E-state index is 0.0233. The molecule has 7 aliphatic rings. The largest absolute Gasteiger partial charge is 0.481 e. The van der Waals surface area contributed by atoms with Crippen LogP contribution >= 0.6 is 0 Å². The van der Waals surface area contributed by atoms with Crippen molar-refractivity contribution in [2.75, 3.05) is 19.8 Å². The number of carboxylic acids is 1. The molecule has 0 amide bonds. The second-order valence-electron chi connectivity index (χ2n) is 20.1. The molecule has 4 saturated carbocycles. The number of allylic oxidation sites excluding steroid dienone is 2. The molecule has 5 aliphatic carbocycles. The average Bonchev–Trinajstić information content (AvgIpc) is 3.12. The van der Waals surface area contributed by atoms with Crippen LogP contribution in [0.3, 0.4) is 0 Å². The molecule has 7 rings (SSSR count). The summed E-state index contributed by atoms with van der Waals surface area (Å²) in [6.45, 7) is 12.8. The summed E-state index contributed by atoms with van der Waals surface area (Å²) in [6.07, 6.45) is -3.32. The zero-order valence-corrected chi connectivity index (χ0v) is 32.9. The van der Waals surface area contributed by atoms with E-state index in [9.17, 15) is 45.6 Å². The van der Waals surface area contributed by atoms with E-state index in [4.69, 9.17) is 18.9 Å². The Labute approximate surface area is 319 Å². The first-order chi connectivity index (χ1) is 25.2. The summed E-state index contributed by atoms with van der Waals surface area (Å²) >= 11 is 0. The van der Waals surface area contributed by atoms with Gasteiger partial charge in [-0.1, -0.05) is 53.2 Å². The van der Waals surface area contributed by atoms with Crippen LogP contribution in [0.15, 0.2) is 11.6 Å². The number of aliphatic carboxylic acids is 1. The molecule has 2 saturated heterocycles. The van der Waals surface area contributed by atoms with E-state index in [-0.39, 0.29) is 46.7 Å². The molecule has 0 aromatic heterocycles. The lowest BCUT2D eigenvalue weighted by Crippen LogP contribution is -2.67. The second-order valence-corrected chi connectivity index (χ2v) is 20.1. The number of fused-ring (bicyclic) bond motifs is 7. The number of carbonyl (C=O) groups is 1. The van der Waals surface area contributed by atoms with Gasteiger partial charge in [-0.15, -0.1) is 0 Å². The molecule has 308 valence electrons. The van der Waals surface area contributed by atoms with Gasteiger partial charge in [0.1, 0.15) is 42.7 Å². The van der Waals surface area contributed by atoms with Gasteiger partial charge in [0.2, 0.25) is 0 Å². The van der Waals surface area contributed by atoms with E-state index < -0.39 is 84.8 Å². The van der Waals surface area contributed by atoms with Crippen molar-refractivity contribution in [3.8, 4) is 0 Å². The van der Waals surface area contributed by atoms with Crippen LogP contribution in [-0.4, -0.2) is 128 Å². The normalized spacial score (nSPS) is 54.3. The minimum Gasteiger partial charge on any atom is -0.481 e. The van der Waals surface area contributed by atoms with E-state index in [1.165, 1.54) is 5.57 Å². The van der Waals surface area contributed by atoms with Gasteiger partial charge in [-0.3, -0.25) is 4.79 Å². The molecule has 2 aliphatic heterocycles. The average molecular weight is 767 g/mol. The van der Waals surface area contributed by atoms with Gasteiger partial charge < -0.3 is 59.8 Å². The van der Waals surface area contributed by atoms with Crippen LogP contribution < -0.4 is 0 Å². The van der Waals surface area contributed by atoms with Crippen LogP contribution in [0.1, 0.15) is 106 Å². The third-order valence-corrected chi connectivity index (χ3v) is 17.0. The molecular weight excluding hydrogens is 700 g/mol. The number of rotatable bonds is 7. The lowest BCUT2D eigenvalue weighted by molar-refractivity contribution is -0.368. The summed E-state index contributed by atoms with van der Waals surface area (Å²) in [6, 6.07) is 0. The topological polar surface area (TPSA) is 216 Å². The third kappa shape index (κ3) is 5.92. The zero-order chi connectivity index (χ0) is 39.4. The van der Waals surface area contributed by atoms with Crippen LogP contribution in [0.25, 0.3) is 0 Å². The Bertz CT molecular complexity index is 1450. The molecule has 0 aromatic carbocycles. The Hall–Kier alpha value is -1.23. The van der Waals surface area contributed by atoms with E-state index >= 15 is 0 Å². The smallest absolute Gasteiger partial charge is 0.310 e. The lowest BCUT2D eigenvalue weighted by Gasteiger charge is -2.71. The van der Waals surface area contributed by atoms with Gasteiger partial charge in [0.25, 0.3) is 0 Å². The fourth-order valence-corrected chi connectivity index (χ4v) is 13.4. The summed E-state index contributed by atoms with van der Waals surface area (Å²) in [4.78, 5) is 13.0. The SMILES string of the molecule is CC1(C)CC[C@]2(C(=O)O)CC[C@]3(C)C(=CC[C@@H]4[C@@]5(C)CC[C@H](O[C@@H]6OC[C@H](O)[C@H](O)[C@H]6O[C@@H]6O[C@H](CO)[C@@H](O)[C@H](O)[C@H]6O)[C@@](C)(CO)[C@@H]5CC[C@]43C)[C@H]2C1. The van der Waals surface area contributed by atoms with Gasteiger partial charge >= 0.3 is 5.97 Å². The van der Waals surface area contributed by atoms with E-state index in [0.29, 0.717) is 18.8 Å². The number of hydrogen-bond acceptors (Lipinski definition) is 12. The van der Waals surface area contributed by atoms with Gasteiger partial charge in [0, 0.05) is 5.41 Å². The maximum Gasteiger partial charge on any atom is 0.310 e. The molecule has 0 spiro atoms. The maximum atomic E-state index is 13.0. The molecule has 13 heteroatoms. The van der Waals surface area contributed by atoms with E-state index in [0.717, 1.165) is 51.4 Å². The molecule has 13 nitrogen and oxygen atoms in total. The van der Waals surface area contributed by atoms with Crippen molar-refractivity contribution in [1.82, 2.24) is 0 Å². The standard InChI is InChI=1S/C41H66O13/c1-36(2)13-15-41(35(49)50)16-14-39(5)21(22(41)17-36)7-8-26-37(3)11-10-27(38(4,20-43)25(37)9-12-40(26,39)6)53-34-32(28(45)23(44)19-51-34)54-33-31(48)30(47)29(46)24(18-42)52-33/h7,22-34,42-48H,8-20H2,1-6H3,(H,49,50)/t22-,23+,24-,25-,26-,27+,28+,29-,30+,31-,32-,33+,34+,37+,38+,39-,40-,41+/m1/s1. The van der Waals surface area contributed by atoms with Crippen molar-refractivity contribution in [1.29, 1.82) is 0 Å². The highest BCUT2D eigenvalue weighted by molar-refractivity contribution is 5.76. The molecule has 54 heavy (non-hydrogen) atoms.